The van der Waals surface area contributed by atoms with Crippen LogP contribution in [0.25, 0.3) is 97.4 Å². The van der Waals surface area contributed by atoms with Gasteiger partial charge in [-0.05, 0) is 89.0 Å². The van der Waals surface area contributed by atoms with Gasteiger partial charge in [-0.3, -0.25) is 0 Å². The third-order valence-corrected chi connectivity index (χ3v) is 11.7. The summed E-state index contributed by atoms with van der Waals surface area (Å²) >= 11 is 1.88. The van der Waals surface area contributed by atoms with Crippen molar-refractivity contribution in [3.8, 4) is 33.6 Å². The maximum absolute atomic E-state index is 2.48. The van der Waals surface area contributed by atoms with Crippen LogP contribution in [0.2, 0.25) is 0 Å². The van der Waals surface area contributed by atoms with Gasteiger partial charge in [-0.2, -0.15) is 0 Å². The molecule has 0 aliphatic carbocycles. The van der Waals surface area contributed by atoms with Gasteiger partial charge in [0.25, 0.3) is 0 Å². The second kappa shape index (κ2) is 11.0. The van der Waals surface area contributed by atoms with Crippen LogP contribution < -0.4 is 0 Å². The van der Waals surface area contributed by atoms with Crippen LogP contribution in [0, 0.1) is 0 Å². The van der Waals surface area contributed by atoms with Gasteiger partial charge in [0.15, 0.2) is 0 Å². The highest BCUT2D eigenvalue weighted by atomic mass is 32.1. The molecule has 0 N–H and O–H groups in total. The molecule has 0 bridgehead atoms. The molecule has 0 saturated carbocycles. The van der Waals surface area contributed by atoms with E-state index in [-0.39, 0.29) is 0 Å². The number of fused-ring (bicyclic) bond motifs is 9. The molecule has 0 fully saturated rings. The Labute approximate surface area is 298 Å². The fraction of sp³-hybridized carbons (Fsp3) is 0. The van der Waals surface area contributed by atoms with Gasteiger partial charge < -0.3 is 9.13 Å². The monoisotopic (exact) mass is 666 g/mol. The van der Waals surface area contributed by atoms with E-state index in [0.29, 0.717) is 0 Å². The van der Waals surface area contributed by atoms with E-state index in [2.05, 4.69) is 191 Å². The van der Waals surface area contributed by atoms with Crippen molar-refractivity contribution >= 4 is 75.1 Å². The van der Waals surface area contributed by atoms with E-state index in [1.54, 1.807) is 0 Å². The van der Waals surface area contributed by atoms with Crippen LogP contribution in [0.3, 0.4) is 0 Å². The Morgan fingerprint density at radius 3 is 1.53 bits per heavy atom. The first-order valence-corrected chi connectivity index (χ1v) is 18.3. The molecule has 3 heterocycles. The lowest BCUT2D eigenvalue weighted by atomic mass is 9.99. The number of rotatable bonds is 4. The second-order valence-electron chi connectivity index (χ2n) is 13.3. The minimum absolute atomic E-state index is 1.17. The summed E-state index contributed by atoms with van der Waals surface area (Å²) in [7, 11) is 0. The van der Waals surface area contributed by atoms with E-state index in [4.69, 9.17) is 0 Å². The molecule has 0 spiro atoms. The van der Waals surface area contributed by atoms with Crippen molar-refractivity contribution in [2.45, 2.75) is 0 Å². The molecule has 0 amide bonds. The first kappa shape index (κ1) is 28.4. The van der Waals surface area contributed by atoms with Crippen LogP contribution in [0.1, 0.15) is 0 Å². The molecule has 0 unspecified atom stereocenters. The zero-order valence-electron chi connectivity index (χ0n) is 27.6. The highest BCUT2D eigenvalue weighted by Crippen LogP contribution is 2.43. The second-order valence-corrected chi connectivity index (χ2v) is 14.4. The van der Waals surface area contributed by atoms with Crippen molar-refractivity contribution in [3.63, 3.8) is 0 Å². The maximum Gasteiger partial charge on any atom is 0.0640 e. The van der Waals surface area contributed by atoms with Gasteiger partial charge in [0.05, 0.1) is 32.5 Å². The fourth-order valence-corrected chi connectivity index (χ4v) is 9.39. The van der Waals surface area contributed by atoms with Gasteiger partial charge in [-0.15, -0.1) is 11.3 Å². The van der Waals surface area contributed by atoms with Crippen LogP contribution in [0.5, 0.6) is 0 Å². The fourth-order valence-electron chi connectivity index (χ4n) is 8.19. The molecule has 3 aromatic heterocycles. The lowest BCUT2D eigenvalue weighted by Gasteiger charge is -2.10. The molecule has 11 rings (SSSR count). The summed E-state index contributed by atoms with van der Waals surface area (Å²) < 4.78 is 7.50. The molecule has 0 radical (unpaired) electrons. The summed E-state index contributed by atoms with van der Waals surface area (Å²) in [6.07, 6.45) is 0. The van der Waals surface area contributed by atoms with Gasteiger partial charge in [0.2, 0.25) is 0 Å². The topological polar surface area (TPSA) is 9.86 Å². The van der Waals surface area contributed by atoms with E-state index in [9.17, 15) is 0 Å². The number of benzene rings is 8. The third-order valence-electron chi connectivity index (χ3n) is 10.5. The Balaban J connectivity index is 1.17. The van der Waals surface area contributed by atoms with Crippen LogP contribution in [0.4, 0.5) is 0 Å². The van der Waals surface area contributed by atoms with E-state index in [1.165, 1.54) is 97.4 Å². The quantitative estimate of drug-likeness (QED) is 0.177. The maximum atomic E-state index is 2.48. The lowest BCUT2D eigenvalue weighted by molar-refractivity contribution is 1.18. The van der Waals surface area contributed by atoms with Crippen molar-refractivity contribution in [1.82, 2.24) is 9.13 Å². The smallest absolute Gasteiger partial charge is 0.0640 e. The normalized spacial score (nSPS) is 11.9. The Morgan fingerprint density at radius 1 is 0.314 bits per heavy atom. The van der Waals surface area contributed by atoms with Gasteiger partial charge >= 0.3 is 0 Å². The first-order chi connectivity index (χ1) is 25.3. The molecule has 0 atom stereocenters. The Hall–Kier alpha value is -6.42. The molecular weight excluding hydrogens is 637 g/mol. The van der Waals surface area contributed by atoms with Crippen LogP contribution >= 0.6 is 11.3 Å². The number of nitrogens with zero attached hydrogens (tertiary/aromatic N) is 2. The Kier molecular flexibility index (Phi) is 6.16. The number of hydrogen-bond acceptors (Lipinski definition) is 1. The number of para-hydroxylation sites is 2. The van der Waals surface area contributed by atoms with Crippen molar-refractivity contribution in [2.24, 2.45) is 0 Å². The molecule has 0 aliphatic rings. The molecule has 0 saturated heterocycles. The van der Waals surface area contributed by atoms with Gasteiger partial charge in [-0.25, -0.2) is 0 Å². The average molecular weight is 667 g/mol. The van der Waals surface area contributed by atoms with Gasteiger partial charge in [-0.1, -0.05) is 115 Å². The summed E-state index contributed by atoms with van der Waals surface area (Å²) in [6, 6.07) is 66.6. The Bertz CT molecular complexity index is 3130. The number of hydrogen-bond donors (Lipinski definition) is 0. The molecule has 51 heavy (non-hydrogen) atoms. The standard InChI is InChI=1S/C48H30N2S/c1-3-12-31(13-4-1)32-22-26-44-40(28-32)41-30-34(24-27-45(41)50(44)46-20-11-18-38-37-17-8-10-21-47(37)51-48(38)46)33-23-25-43-39(29-33)36-16-7-9-19-42(36)49(43)35-14-5-2-6-15-35/h1-30H. The molecular formula is C48H30N2S. The highest BCUT2D eigenvalue weighted by Gasteiger charge is 2.19. The predicted octanol–water partition coefficient (Wildman–Crippen LogP) is 13.6. The number of thiophene rings is 1. The zero-order chi connectivity index (χ0) is 33.5. The average Bonchev–Trinajstić information content (AvgIpc) is 3.85. The summed E-state index contributed by atoms with van der Waals surface area (Å²) in [4.78, 5) is 0. The van der Waals surface area contributed by atoms with Crippen molar-refractivity contribution in [1.29, 1.82) is 0 Å². The molecule has 11 aromatic rings. The molecule has 2 nitrogen and oxygen atoms in total. The van der Waals surface area contributed by atoms with E-state index in [1.807, 2.05) is 11.3 Å². The zero-order valence-corrected chi connectivity index (χ0v) is 28.4. The molecule has 0 aliphatic heterocycles. The minimum atomic E-state index is 1.17. The van der Waals surface area contributed by atoms with E-state index < -0.39 is 0 Å². The summed E-state index contributed by atoms with van der Waals surface area (Å²) in [5.41, 5.74) is 12.1. The largest absolute Gasteiger partial charge is 0.309 e. The SMILES string of the molecule is c1ccc(-c2ccc3c(c2)c2cc(-c4ccc5c(c4)c4ccccc4n5-c4ccccc4)ccc2n3-c2cccc3c2sc2ccccc23)cc1. The van der Waals surface area contributed by atoms with Crippen molar-refractivity contribution in [3.05, 3.63) is 182 Å². The van der Waals surface area contributed by atoms with Crippen LogP contribution in [-0.2, 0) is 0 Å². The van der Waals surface area contributed by atoms with Crippen molar-refractivity contribution in [2.75, 3.05) is 0 Å². The first-order valence-electron chi connectivity index (χ1n) is 17.4. The summed E-state index contributed by atoms with van der Waals surface area (Å²) in [5, 5.41) is 7.66. The third kappa shape index (κ3) is 4.29. The lowest BCUT2D eigenvalue weighted by Crippen LogP contribution is -1.94. The number of aromatic nitrogens is 2. The Morgan fingerprint density at radius 2 is 0.824 bits per heavy atom. The van der Waals surface area contributed by atoms with Gasteiger partial charge in [0, 0.05) is 42.7 Å². The molecule has 3 heteroatoms. The molecule has 8 aromatic carbocycles. The van der Waals surface area contributed by atoms with E-state index in [0.717, 1.165) is 0 Å². The molecule has 238 valence electrons. The highest BCUT2D eigenvalue weighted by molar-refractivity contribution is 7.26. The van der Waals surface area contributed by atoms with Crippen molar-refractivity contribution < 1.29 is 0 Å². The van der Waals surface area contributed by atoms with E-state index >= 15 is 0 Å². The minimum Gasteiger partial charge on any atom is -0.309 e. The van der Waals surface area contributed by atoms with Gasteiger partial charge in [0.1, 0.15) is 0 Å². The van der Waals surface area contributed by atoms with Crippen LogP contribution in [0.15, 0.2) is 182 Å². The summed E-state index contributed by atoms with van der Waals surface area (Å²) in [6.45, 7) is 0. The van der Waals surface area contributed by atoms with Crippen LogP contribution in [-0.4, -0.2) is 9.13 Å². The predicted molar refractivity (Wildman–Crippen MR) is 219 cm³/mol. The summed E-state index contributed by atoms with van der Waals surface area (Å²) in [5.74, 6) is 0.